The van der Waals surface area contributed by atoms with E-state index in [2.05, 4.69) is 6.07 Å². The standard InChI is InChI=1S/C25H20ClNO4/c1-2-28-24-12-18(5-9-22(24)29-15-17-3-7-21(26)8-4-17)11-20(14-27)19-6-10-23-25(13-19)31-16-30-23/h3-13H,2,15-16H2,1H3/b20-11-. The summed E-state index contributed by atoms with van der Waals surface area (Å²) < 4.78 is 22.5. The average Bonchev–Trinajstić information content (AvgIpc) is 3.26. The molecule has 1 heterocycles. The van der Waals surface area contributed by atoms with E-state index in [9.17, 15) is 5.26 Å². The second kappa shape index (κ2) is 9.46. The van der Waals surface area contributed by atoms with Crippen molar-refractivity contribution in [1.29, 1.82) is 5.26 Å². The van der Waals surface area contributed by atoms with Gasteiger partial charge in [0, 0.05) is 5.02 Å². The second-order valence-electron chi connectivity index (χ2n) is 6.79. The third-order valence-electron chi connectivity index (χ3n) is 4.69. The fourth-order valence-corrected chi connectivity index (χ4v) is 3.28. The Hall–Kier alpha value is -3.62. The van der Waals surface area contributed by atoms with Crippen molar-refractivity contribution in [1.82, 2.24) is 0 Å². The van der Waals surface area contributed by atoms with Crippen LogP contribution >= 0.6 is 11.6 Å². The van der Waals surface area contributed by atoms with E-state index in [0.717, 1.165) is 16.7 Å². The summed E-state index contributed by atoms with van der Waals surface area (Å²) in [6.07, 6.45) is 1.81. The highest BCUT2D eigenvalue weighted by molar-refractivity contribution is 6.30. The molecule has 5 nitrogen and oxygen atoms in total. The Labute approximate surface area is 186 Å². The van der Waals surface area contributed by atoms with Crippen LogP contribution in [0.15, 0.2) is 60.7 Å². The molecule has 3 aromatic rings. The fraction of sp³-hybridized carbons (Fsp3) is 0.160. The molecule has 156 valence electrons. The maximum atomic E-state index is 9.69. The maximum Gasteiger partial charge on any atom is 0.231 e. The van der Waals surface area contributed by atoms with Crippen LogP contribution in [0.5, 0.6) is 23.0 Å². The first-order chi connectivity index (χ1) is 15.2. The molecule has 3 aromatic carbocycles. The average molecular weight is 434 g/mol. The minimum Gasteiger partial charge on any atom is -0.490 e. The van der Waals surface area contributed by atoms with E-state index in [1.807, 2.05) is 73.7 Å². The zero-order valence-corrected chi connectivity index (χ0v) is 17.7. The molecule has 6 heteroatoms. The molecule has 4 rings (SSSR count). The van der Waals surface area contributed by atoms with Crippen LogP contribution in [0, 0.1) is 11.3 Å². The van der Waals surface area contributed by atoms with Crippen molar-refractivity contribution < 1.29 is 18.9 Å². The molecule has 0 N–H and O–H groups in total. The van der Waals surface area contributed by atoms with Gasteiger partial charge in [0.05, 0.1) is 18.2 Å². The van der Waals surface area contributed by atoms with Crippen molar-refractivity contribution in [2.24, 2.45) is 0 Å². The van der Waals surface area contributed by atoms with Crippen molar-refractivity contribution in [3.63, 3.8) is 0 Å². The zero-order chi connectivity index (χ0) is 21.6. The van der Waals surface area contributed by atoms with Crippen LogP contribution in [0.25, 0.3) is 11.6 Å². The summed E-state index contributed by atoms with van der Waals surface area (Å²) in [5.41, 5.74) is 3.10. The summed E-state index contributed by atoms with van der Waals surface area (Å²) in [4.78, 5) is 0. The summed E-state index contributed by atoms with van der Waals surface area (Å²) in [6, 6.07) is 20.8. The van der Waals surface area contributed by atoms with E-state index in [0.29, 0.717) is 46.8 Å². The van der Waals surface area contributed by atoms with Crippen molar-refractivity contribution in [2.75, 3.05) is 13.4 Å². The fourth-order valence-electron chi connectivity index (χ4n) is 3.15. The van der Waals surface area contributed by atoms with Crippen LogP contribution in [-0.4, -0.2) is 13.4 Å². The van der Waals surface area contributed by atoms with E-state index >= 15 is 0 Å². The van der Waals surface area contributed by atoms with Crippen LogP contribution in [0.3, 0.4) is 0 Å². The molecule has 0 saturated heterocycles. The molecular formula is C25H20ClNO4. The third-order valence-corrected chi connectivity index (χ3v) is 4.94. The van der Waals surface area contributed by atoms with E-state index in [-0.39, 0.29) is 6.79 Å². The number of rotatable bonds is 7. The summed E-state index contributed by atoms with van der Waals surface area (Å²) in [7, 11) is 0. The Kier molecular flexibility index (Phi) is 6.30. The highest BCUT2D eigenvalue weighted by Crippen LogP contribution is 2.35. The Bertz CT molecular complexity index is 1150. The monoisotopic (exact) mass is 433 g/mol. The molecule has 0 aliphatic carbocycles. The second-order valence-corrected chi connectivity index (χ2v) is 7.23. The first kappa shape index (κ1) is 20.6. The molecule has 0 amide bonds. The Morgan fingerprint density at radius 1 is 1.00 bits per heavy atom. The molecular weight excluding hydrogens is 414 g/mol. The van der Waals surface area contributed by atoms with E-state index in [1.54, 1.807) is 0 Å². The highest BCUT2D eigenvalue weighted by Gasteiger charge is 2.15. The molecule has 0 unspecified atom stereocenters. The van der Waals surface area contributed by atoms with Gasteiger partial charge in [-0.1, -0.05) is 29.8 Å². The topological polar surface area (TPSA) is 60.7 Å². The molecule has 0 saturated carbocycles. The summed E-state index contributed by atoms with van der Waals surface area (Å²) in [5.74, 6) is 2.57. The van der Waals surface area contributed by atoms with Gasteiger partial charge in [-0.05, 0) is 72.2 Å². The van der Waals surface area contributed by atoms with Gasteiger partial charge in [0.2, 0.25) is 6.79 Å². The van der Waals surface area contributed by atoms with Crippen LogP contribution in [-0.2, 0) is 6.61 Å². The Morgan fingerprint density at radius 3 is 2.58 bits per heavy atom. The number of hydrogen-bond donors (Lipinski definition) is 0. The van der Waals surface area contributed by atoms with Gasteiger partial charge in [0.15, 0.2) is 23.0 Å². The van der Waals surface area contributed by atoms with Gasteiger partial charge < -0.3 is 18.9 Å². The number of nitrogens with zero attached hydrogens (tertiary/aromatic N) is 1. The number of ether oxygens (including phenoxy) is 4. The van der Waals surface area contributed by atoms with Crippen molar-refractivity contribution in [2.45, 2.75) is 13.5 Å². The van der Waals surface area contributed by atoms with Crippen molar-refractivity contribution in [3.8, 4) is 29.1 Å². The molecule has 1 aliphatic rings. The zero-order valence-electron chi connectivity index (χ0n) is 16.9. The predicted octanol–water partition coefficient (Wildman–Crippen LogP) is 6.11. The minimum absolute atomic E-state index is 0.194. The van der Waals surface area contributed by atoms with Gasteiger partial charge in [0.25, 0.3) is 0 Å². The molecule has 0 aromatic heterocycles. The summed E-state index contributed by atoms with van der Waals surface area (Å²) >= 11 is 5.94. The lowest BCUT2D eigenvalue weighted by molar-refractivity contribution is 0.174. The lowest BCUT2D eigenvalue weighted by Gasteiger charge is -2.13. The van der Waals surface area contributed by atoms with Gasteiger partial charge in [-0.3, -0.25) is 0 Å². The van der Waals surface area contributed by atoms with Gasteiger partial charge in [-0.25, -0.2) is 0 Å². The normalized spacial score (nSPS) is 12.4. The van der Waals surface area contributed by atoms with Crippen LogP contribution in [0.4, 0.5) is 0 Å². The number of allylic oxidation sites excluding steroid dienone is 1. The van der Waals surface area contributed by atoms with Crippen molar-refractivity contribution in [3.05, 3.63) is 82.4 Å². The Balaban J connectivity index is 1.57. The van der Waals surface area contributed by atoms with Gasteiger partial charge >= 0.3 is 0 Å². The molecule has 31 heavy (non-hydrogen) atoms. The number of halogens is 1. The number of hydrogen-bond acceptors (Lipinski definition) is 5. The first-order valence-corrected chi connectivity index (χ1v) is 10.2. The van der Waals surface area contributed by atoms with Crippen LogP contribution < -0.4 is 18.9 Å². The molecule has 0 bridgehead atoms. The van der Waals surface area contributed by atoms with E-state index in [1.165, 1.54) is 0 Å². The number of benzene rings is 3. The van der Waals surface area contributed by atoms with Gasteiger partial charge in [-0.2, -0.15) is 5.26 Å². The summed E-state index contributed by atoms with van der Waals surface area (Å²) in [6.45, 7) is 3.00. The van der Waals surface area contributed by atoms with Gasteiger partial charge in [-0.15, -0.1) is 0 Å². The SMILES string of the molecule is CCOc1cc(/C=C(/C#N)c2ccc3c(c2)OCO3)ccc1OCc1ccc(Cl)cc1. The van der Waals surface area contributed by atoms with Gasteiger partial charge in [0.1, 0.15) is 6.61 Å². The molecule has 0 radical (unpaired) electrons. The number of fused-ring (bicyclic) bond motifs is 1. The molecule has 0 spiro atoms. The molecule has 0 fully saturated rings. The molecule has 1 aliphatic heterocycles. The lowest BCUT2D eigenvalue weighted by Crippen LogP contribution is -2.00. The van der Waals surface area contributed by atoms with E-state index in [4.69, 9.17) is 30.5 Å². The predicted molar refractivity (Wildman–Crippen MR) is 119 cm³/mol. The quantitative estimate of drug-likeness (QED) is 0.332. The lowest BCUT2D eigenvalue weighted by atomic mass is 10.0. The maximum absolute atomic E-state index is 9.69. The minimum atomic E-state index is 0.194. The smallest absolute Gasteiger partial charge is 0.231 e. The first-order valence-electron chi connectivity index (χ1n) is 9.82. The van der Waals surface area contributed by atoms with Crippen molar-refractivity contribution >= 4 is 23.3 Å². The Morgan fingerprint density at radius 2 is 1.81 bits per heavy atom. The summed E-state index contributed by atoms with van der Waals surface area (Å²) in [5, 5.41) is 10.4. The van der Waals surface area contributed by atoms with Crippen LogP contribution in [0.2, 0.25) is 5.02 Å². The van der Waals surface area contributed by atoms with Crippen LogP contribution in [0.1, 0.15) is 23.6 Å². The van der Waals surface area contributed by atoms with E-state index < -0.39 is 0 Å². The molecule has 0 atom stereocenters. The highest BCUT2D eigenvalue weighted by atomic mass is 35.5. The third kappa shape index (κ3) is 4.93. The number of nitriles is 1. The largest absolute Gasteiger partial charge is 0.490 e.